The van der Waals surface area contributed by atoms with Crippen molar-refractivity contribution >= 4 is 5.91 Å². The maximum absolute atomic E-state index is 12.6. The second kappa shape index (κ2) is 10.2. The molecule has 0 unspecified atom stereocenters. The van der Waals surface area contributed by atoms with Crippen molar-refractivity contribution in [3.8, 4) is 11.5 Å². The van der Waals surface area contributed by atoms with Crippen molar-refractivity contribution in [2.45, 2.75) is 33.0 Å². The van der Waals surface area contributed by atoms with E-state index in [9.17, 15) is 9.90 Å². The van der Waals surface area contributed by atoms with Gasteiger partial charge in [-0.1, -0.05) is 0 Å². The van der Waals surface area contributed by atoms with Crippen molar-refractivity contribution in [3.63, 3.8) is 0 Å². The molecule has 0 spiro atoms. The number of aryl methyl sites for hydroxylation is 1. The summed E-state index contributed by atoms with van der Waals surface area (Å²) in [4.78, 5) is 18.5. The van der Waals surface area contributed by atoms with E-state index in [1.807, 2.05) is 19.9 Å². The van der Waals surface area contributed by atoms with Crippen molar-refractivity contribution in [1.29, 1.82) is 0 Å². The number of likely N-dealkylation sites (N-methyl/N-ethyl adjacent to an activating group) is 1. The van der Waals surface area contributed by atoms with Gasteiger partial charge in [0.15, 0.2) is 5.76 Å². The van der Waals surface area contributed by atoms with Crippen LogP contribution in [0.4, 0.5) is 0 Å². The van der Waals surface area contributed by atoms with Crippen LogP contribution in [0.2, 0.25) is 0 Å². The molecule has 2 aromatic rings. The third kappa shape index (κ3) is 6.46. The van der Waals surface area contributed by atoms with Gasteiger partial charge in [0.2, 0.25) is 0 Å². The first-order valence-electron chi connectivity index (χ1n) is 9.03. The molecule has 0 radical (unpaired) electrons. The lowest BCUT2D eigenvalue weighted by atomic mass is 10.1. The molecule has 0 bridgehead atoms. The lowest BCUT2D eigenvalue weighted by Gasteiger charge is -2.21. The Kier molecular flexibility index (Phi) is 7.97. The van der Waals surface area contributed by atoms with Gasteiger partial charge < -0.3 is 23.9 Å². The molecule has 0 saturated carbocycles. The number of amides is 1. The van der Waals surface area contributed by atoms with Crippen LogP contribution in [0, 0.1) is 6.92 Å². The molecular weight excluding hydrogens is 348 g/mol. The largest absolute Gasteiger partial charge is 0.463 e. The fourth-order valence-corrected chi connectivity index (χ4v) is 2.57. The number of aromatic nitrogens is 1. The second-order valence-electron chi connectivity index (χ2n) is 6.64. The molecule has 7 heteroatoms. The van der Waals surface area contributed by atoms with Crippen LogP contribution in [-0.4, -0.2) is 66.5 Å². The van der Waals surface area contributed by atoms with E-state index < -0.39 is 6.10 Å². The molecule has 1 amide bonds. The van der Waals surface area contributed by atoms with Gasteiger partial charge in [-0.05, 0) is 45.0 Å². The quantitative estimate of drug-likeness (QED) is 0.642. The van der Waals surface area contributed by atoms with Crippen LogP contribution < -0.4 is 0 Å². The number of carbonyl (C=O) groups excluding carboxylic acids is 1. The number of aliphatic hydroxyl groups is 1. The molecule has 2 rings (SSSR count). The zero-order valence-electron chi connectivity index (χ0n) is 16.3. The van der Waals surface area contributed by atoms with Gasteiger partial charge in [-0.15, -0.1) is 0 Å². The number of aliphatic hydroxyl groups excluding tert-OH is 1. The Morgan fingerprint density at radius 1 is 1.30 bits per heavy atom. The van der Waals surface area contributed by atoms with Gasteiger partial charge in [0, 0.05) is 13.6 Å². The fraction of sp³-hybridized carbons (Fsp3) is 0.500. The highest BCUT2D eigenvalue weighted by Gasteiger charge is 2.19. The number of pyridine rings is 1. The highest BCUT2D eigenvalue weighted by atomic mass is 16.5. The van der Waals surface area contributed by atoms with Crippen molar-refractivity contribution < 1.29 is 23.8 Å². The van der Waals surface area contributed by atoms with Crippen LogP contribution in [0.25, 0.3) is 11.5 Å². The van der Waals surface area contributed by atoms with E-state index in [1.54, 1.807) is 38.4 Å². The molecule has 7 nitrogen and oxygen atoms in total. The smallest absolute Gasteiger partial charge is 0.255 e. The van der Waals surface area contributed by atoms with Crippen LogP contribution in [0.3, 0.4) is 0 Å². The lowest BCUT2D eigenvalue weighted by Crippen LogP contribution is -2.37. The Hall–Kier alpha value is -2.22. The monoisotopic (exact) mass is 376 g/mol. The average molecular weight is 376 g/mol. The summed E-state index contributed by atoms with van der Waals surface area (Å²) in [5.74, 6) is 0.452. The maximum atomic E-state index is 12.6. The summed E-state index contributed by atoms with van der Waals surface area (Å²) >= 11 is 0. The minimum absolute atomic E-state index is 0.147. The summed E-state index contributed by atoms with van der Waals surface area (Å²) in [5, 5.41) is 10.1. The van der Waals surface area contributed by atoms with Crippen molar-refractivity contribution in [2.75, 3.05) is 33.4 Å². The number of hydrogen-bond acceptors (Lipinski definition) is 6. The zero-order valence-corrected chi connectivity index (χ0v) is 16.3. The SMILES string of the molecule is Cc1nc(-c2ccco2)ccc1C(=O)N(C)C[C@H](O)COCCOC(C)C. The van der Waals surface area contributed by atoms with Gasteiger partial charge in [-0.3, -0.25) is 4.79 Å². The average Bonchev–Trinajstić information content (AvgIpc) is 3.15. The maximum Gasteiger partial charge on any atom is 0.255 e. The first-order chi connectivity index (χ1) is 12.9. The molecular formula is C20H28N2O5. The number of carbonyl (C=O) groups is 1. The number of furan rings is 1. The Balaban J connectivity index is 1.85. The predicted molar refractivity (Wildman–Crippen MR) is 102 cm³/mol. The van der Waals surface area contributed by atoms with Crippen LogP contribution >= 0.6 is 0 Å². The lowest BCUT2D eigenvalue weighted by molar-refractivity contribution is -0.0160. The van der Waals surface area contributed by atoms with E-state index in [1.165, 1.54) is 4.90 Å². The molecule has 1 atom stereocenters. The topological polar surface area (TPSA) is 85.0 Å². The molecule has 0 aliphatic rings. The molecule has 0 fully saturated rings. The molecule has 148 valence electrons. The Bertz CT molecular complexity index is 715. The van der Waals surface area contributed by atoms with Crippen LogP contribution in [0.15, 0.2) is 34.9 Å². The molecule has 27 heavy (non-hydrogen) atoms. The highest BCUT2D eigenvalue weighted by Crippen LogP contribution is 2.20. The third-order valence-corrected chi connectivity index (χ3v) is 3.91. The summed E-state index contributed by atoms with van der Waals surface area (Å²) in [7, 11) is 1.65. The summed E-state index contributed by atoms with van der Waals surface area (Å²) in [5.41, 5.74) is 1.78. The first kappa shape index (κ1) is 21.1. The van der Waals surface area contributed by atoms with Crippen LogP contribution in [-0.2, 0) is 9.47 Å². The summed E-state index contributed by atoms with van der Waals surface area (Å²) < 4.78 is 16.1. The van der Waals surface area contributed by atoms with Gasteiger partial charge in [-0.2, -0.15) is 0 Å². The first-order valence-corrected chi connectivity index (χ1v) is 9.03. The van der Waals surface area contributed by atoms with Crippen molar-refractivity contribution in [2.24, 2.45) is 0 Å². The second-order valence-corrected chi connectivity index (χ2v) is 6.64. The van der Waals surface area contributed by atoms with Crippen molar-refractivity contribution in [3.05, 3.63) is 41.8 Å². The van der Waals surface area contributed by atoms with E-state index in [-0.39, 0.29) is 25.2 Å². The molecule has 0 aromatic carbocycles. The standard InChI is InChI=1S/C20H28N2O5/c1-14(2)26-11-10-25-13-16(23)12-22(4)20(24)17-7-8-18(21-15(17)3)19-6-5-9-27-19/h5-9,14,16,23H,10-13H2,1-4H3/t16-/m0/s1. The Labute approximate surface area is 159 Å². The van der Waals surface area contributed by atoms with Crippen LogP contribution in [0.1, 0.15) is 29.9 Å². The minimum Gasteiger partial charge on any atom is -0.463 e. The Morgan fingerprint density at radius 3 is 2.70 bits per heavy atom. The Morgan fingerprint density at radius 2 is 2.07 bits per heavy atom. The number of hydrogen-bond donors (Lipinski definition) is 1. The fourth-order valence-electron chi connectivity index (χ4n) is 2.57. The predicted octanol–water partition coefficient (Wildman–Crippen LogP) is 2.52. The summed E-state index contributed by atoms with van der Waals surface area (Å²) in [6, 6.07) is 7.09. The summed E-state index contributed by atoms with van der Waals surface area (Å²) in [6.45, 7) is 6.88. The van der Waals surface area contributed by atoms with Gasteiger partial charge in [0.05, 0.1) is 49.5 Å². The van der Waals surface area contributed by atoms with E-state index in [0.717, 1.165) is 0 Å². The van der Waals surface area contributed by atoms with E-state index >= 15 is 0 Å². The van der Waals surface area contributed by atoms with Crippen molar-refractivity contribution in [1.82, 2.24) is 9.88 Å². The normalized spacial score (nSPS) is 12.4. The third-order valence-electron chi connectivity index (χ3n) is 3.91. The van der Waals surface area contributed by atoms with Gasteiger partial charge in [-0.25, -0.2) is 4.98 Å². The molecule has 1 N–H and O–H groups in total. The minimum atomic E-state index is -0.770. The zero-order chi connectivity index (χ0) is 19.8. The van der Waals surface area contributed by atoms with E-state index in [2.05, 4.69) is 4.98 Å². The van der Waals surface area contributed by atoms with Crippen LogP contribution in [0.5, 0.6) is 0 Å². The molecule has 0 saturated heterocycles. The van der Waals surface area contributed by atoms with E-state index in [4.69, 9.17) is 13.9 Å². The van der Waals surface area contributed by atoms with E-state index in [0.29, 0.717) is 35.9 Å². The molecule has 2 heterocycles. The molecule has 0 aliphatic carbocycles. The molecule has 2 aromatic heterocycles. The number of ether oxygens (including phenoxy) is 2. The van der Waals surface area contributed by atoms with Gasteiger partial charge >= 0.3 is 0 Å². The van der Waals surface area contributed by atoms with Gasteiger partial charge in [0.25, 0.3) is 5.91 Å². The summed E-state index contributed by atoms with van der Waals surface area (Å²) in [6.07, 6.45) is 0.962. The molecule has 0 aliphatic heterocycles. The van der Waals surface area contributed by atoms with Gasteiger partial charge in [0.1, 0.15) is 5.69 Å². The highest BCUT2D eigenvalue weighted by molar-refractivity contribution is 5.95. The number of nitrogens with zero attached hydrogens (tertiary/aromatic N) is 2. The number of rotatable bonds is 10.